The number of phenols is 1. The smallest absolute Gasteiger partial charge is 0.133 e. The molecule has 0 saturated carbocycles. The van der Waals surface area contributed by atoms with Crippen LogP contribution < -0.4 is 0 Å². The van der Waals surface area contributed by atoms with Gasteiger partial charge in [-0.3, -0.25) is 0 Å². The van der Waals surface area contributed by atoms with Crippen molar-refractivity contribution in [3.63, 3.8) is 0 Å². The Morgan fingerprint density at radius 2 is 2.23 bits per heavy atom. The summed E-state index contributed by atoms with van der Waals surface area (Å²) in [4.78, 5) is 0.966. The second-order valence-corrected chi connectivity index (χ2v) is 4.28. The third kappa shape index (κ3) is 1.32. The van der Waals surface area contributed by atoms with Crippen molar-refractivity contribution in [2.24, 2.45) is 0 Å². The largest absolute Gasteiger partial charge is 0.506 e. The minimum atomic E-state index is 0.359. The first-order chi connectivity index (χ1) is 6.24. The molecular weight excluding hydrogens is 200 g/mol. The molecule has 0 aliphatic heterocycles. The molecule has 0 spiro atoms. The lowest BCUT2D eigenvalue weighted by Crippen LogP contribution is -1.80. The van der Waals surface area contributed by atoms with Crippen LogP contribution in [0.5, 0.6) is 5.75 Å². The molecule has 0 bridgehead atoms. The first-order valence-corrected chi connectivity index (χ1v) is 5.47. The van der Waals surface area contributed by atoms with Crippen molar-refractivity contribution in [2.75, 3.05) is 0 Å². The Morgan fingerprint density at radius 3 is 2.92 bits per heavy atom. The standard InChI is InChI=1S/C10H10OS2/c1-2-6-3-4-7(11)10-9(6)8(12)5-13-10/h3-5,11-12H,2H2,1H3. The molecule has 0 saturated heterocycles. The maximum absolute atomic E-state index is 9.58. The predicted octanol–water partition coefficient (Wildman–Crippen LogP) is 3.46. The minimum Gasteiger partial charge on any atom is -0.506 e. The summed E-state index contributed by atoms with van der Waals surface area (Å²) < 4.78 is 0.948. The summed E-state index contributed by atoms with van der Waals surface area (Å²) >= 11 is 5.92. The van der Waals surface area contributed by atoms with Crippen LogP contribution >= 0.6 is 24.0 Å². The van der Waals surface area contributed by atoms with E-state index in [4.69, 9.17) is 0 Å². The molecule has 0 aliphatic rings. The normalized spacial score (nSPS) is 10.9. The van der Waals surface area contributed by atoms with Crippen LogP contribution in [0.4, 0.5) is 0 Å². The van der Waals surface area contributed by atoms with Gasteiger partial charge in [0, 0.05) is 15.7 Å². The van der Waals surface area contributed by atoms with Gasteiger partial charge in [0.05, 0.1) is 4.70 Å². The van der Waals surface area contributed by atoms with Crippen molar-refractivity contribution in [3.8, 4) is 5.75 Å². The van der Waals surface area contributed by atoms with Gasteiger partial charge < -0.3 is 5.11 Å². The Balaban J connectivity index is 2.88. The zero-order valence-electron chi connectivity index (χ0n) is 7.24. The van der Waals surface area contributed by atoms with E-state index in [-0.39, 0.29) is 0 Å². The van der Waals surface area contributed by atoms with Gasteiger partial charge in [-0.25, -0.2) is 0 Å². The van der Waals surface area contributed by atoms with Crippen LogP contribution in [-0.4, -0.2) is 5.11 Å². The summed E-state index contributed by atoms with van der Waals surface area (Å²) in [5, 5.41) is 12.7. The minimum absolute atomic E-state index is 0.359. The van der Waals surface area contributed by atoms with Crippen molar-refractivity contribution >= 4 is 34.1 Å². The van der Waals surface area contributed by atoms with Gasteiger partial charge in [-0.15, -0.1) is 24.0 Å². The second kappa shape index (κ2) is 3.24. The lowest BCUT2D eigenvalue weighted by Gasteiger charge is -2.01. The van der Waals surface area contributed by atoms with Crippen LogP contribution in [-0.2, 0) is 6.42 Å². The number of aromatic hydroxyl groups is 1. The summed E-state index contributed by atoms with van der Waals surface area (Å²) in [7, 11) is 0. The van der Waals surface area contributed by atoms with E-state index in [0.29, 0.717) is 5.75 Å². The predicted molar refractivity (Wildman–Crippen MR) is 60.1 cm³/mol. The van der Waals surface area contributed by atoms with Crippen LogP contribution in [0.15, 0.2) is 22.4 Å². The van der Waals surface area contributed by atoms with Gasteiger partial charge in [-0.2, -0.15) is 0 Å². The number of phenolic OH excluding ortho intramolecular Hbond substituents is 1. The number of thiol groups is 1. The average molecular weight is 210 g/mol. The van der Waals surface area contributed by atoms with Gasteiger partial charge in [0.1, 0.15) is 5.75 Å². The molecule has 0 radical (unpaired) electrons. The molecule has 3 heteroatoms. The average Bonchev–Trinajstić information content (AvgIpc) is 2.51. The SMILES string of the molecule is CCc1ccc(O)c2scc(S)c12. The third-order valence-electron chi connectivity index (χ3n) is 2.15. The monoisotopic (exact) mass is 210 g/mol. The zero-order chi connectivity index (χ0) is 9.42. The van der Waals surface area contributed by atoms with Crippen LogP contribution in [0.2, 0.25) is 0 Å². The quantitative estimate of drug-likeness (QED) is 0.691. The van der Waals surface area contributed by atoms with E-state index in [2.05, 4.69) is 19.6 Å². The zero-order valence-corrected chi connectivity index (χ0v) is 8.95. The maximum atomic E-state index is 9.58. The molecule has 1 heterocycles. The van der Waals surface area contributed by atoms with Crippen molar-refractivity contribution < 1.29 is 5.11 Å². The number of fused-ring (bicyclic) bond motifs is 1. The fourth-order valence-electron chi connectivity index (χ4n) is 1.48. The molecule has 1 N–H and O–H groups in total. The van der Waals surface area contributed by atoms with Crippen molar-refractivity contribution in [2.45, 2.75) is 18.2 Å². The van der Waals surface area contributed by atoms with Gasteiger partial charge in [0.15, 0.2) is 0 Å². The summed E-state index contributed by atoms with van der Waals surface area (Å²) in [6.45, 7) is 2.11. The topological polar surface area (TPSA) is 20.2 Å². The van der Waals surface area contributed by atoms with Gasteiger partial charge in [0.2, 0.25) is 0 Å². The number of hydrogen-bond acceptors (Lipinski definition) is 3. The first-order valence-electron chi connectivity index (χ1n) is 4.15. The molecule has 13 heavy (non-hydrogen) atoms. The van der Waals surface area contributed by atoms with Crippen LogP contribution in [0.25, 0.3) is 10.1 Å². The highest BCUT2D eigenvalue weighted by molar-refractivity contribution is 7.80. The van der Waals surface area contributed by atoms with E-state index >= 15 is 0 Å². The van der Waals surface area contributed by atoms with E-state index in [1.54, 1.807) is 17.4 Å². The summed E-state index contributed by atoms with van der Waals surface area (Å²) in [5.41, 5.74) is 1.25. The van der Waals surface area contributed by atoms with Crippen LogP contribution in [0, 0.1) is 0 Å². The Hall–Kier alpha value is -0.670. The lowest BCUT2D eigenvalue weighted by atomic mass is 10.1. The Morgan fingerprint density at radius 1 is 1.46 bits per heavy atom. The highest BCUT2D eigenvalue weighted by Gasteiger charge is 2.08. The number of aryl methyl sites for hydroxylation is 1. The molecule has 0 atom stereocenters. The van der Waals surface area contributed by atoms with Crippen molar-refractivity contribution in [1.82, 2.24) is 0 Å². The van der Waals surface area contributed by atoms with E-state index in [0.717, 1.165) is 21.4 Å². The maximum Gasteiger partial charge on any atom is 0.133 e. The van der Waals surface area contributed by atoms with Gasteiger partial charge in [-0.05, 0) is 18.1 Å². The summed E-state index contributed by atoms with van der Waals surface area (Å²) in [5.74, 6) is 0.359. The van der Waals surface area contributed by atoms with Crippen LogP contribution in [0.1, 0.15) is 12.5 Å². The Labute approximate surface area is 86.4 Å². The Bertz CT molecular complexity index is 445. The molecule has 1 aromatic carbocycles. The molecule has 68 valence electrons. The first kappa shape index (κ1) is 8.91. The highest BCUT2D eigenvalue weighted by atomic mass is 32.1. The number of benzene rings is 1. The van der Waals surface area contributed by atoms with Crippen molar-refractivity contribution in [1.29, 1.82) is 0 Å². The van der Waals surface area contributed by atoms with E-state index in [1.807, 2.05) is 11.4 Å². The third-order valence-corrected chi connectivity index (χ3v) is 3.68. The molecule has 1 aromatic heterocycles. The highest BCUT2D eigenvalue weighted by Crippen LogP contribution is 2.37. The fourth-order valence-corrected chi connectivity index (χ4v) is 2.87. The summed E-state index contributed by atoms with van der Waals surface area (Å²) in [6.07, 6.45) is 0.973. The molecule has 0 fully saturated rings. The molecular formula is C10H10OS2. The van der Waals surface area contributed by atoms with E-state index in [1.165, 1.54) is 5.56 Å². The number of rotatable bonds is 1. The lowest BCUT2D eigenvalue weighted by molar-refractivity contribution is 0.482. The van der Waals surface area contributed by atoms with Gasteiger partial charge in [-0.1, -0.05) is 13.0 Å². The van der Waals surface area contributed by atoms with Gasteiger partial charge in [0.25, 0.3) is 0 Å². The molecule has 1 nitrogen and oxygen atoms in total. The number of hydrogen-bond donors (Lipinski definition) is 2. The molecule has 0 aliphatic carbocycles. The second-order valence-electron chi connectivity index (χ2n) is 2.92. The summed E-state index contributed by atoms with van der Waals surface area (Å²) in [6, 6.07) is 3.72. The number of thiophene rings is 1. The molecule has 0 amide bonds. The fraction of sp³-hybridized carbons (Fsp3) is 0.200. The molecule has 0 unspecified atom stereocenters. The van der Waals surface area contributed by atoms with Gasteiger partial charge >= 0.3 is 0 Å². The van der Waals surface area contributed by atoms with Crippen LogP contribution in [0.3, 0.4) is 0 Å². The van der Waals surface area contributed by atoms with E-state index in [9.17, 15) is 5.11 Å². The van der Waals surface area contributed by atoms with E-state index < -0.39 is 0 Å². The molecule has 2 rings (SSSR count). The molecule has 2 aromatic rings. The van der Waals surface area contributed by atoms with Crippen molar-refractivity contribution in [3.05, 3.63) is 23.1 Å². The Kier molecular flexibility index (Phi) is 2.22.